The first kappa shape index (κ1) is 22.8. The Balaban J connectivity index is 1.69. The quantitative estimate of drug-likeness (QED) is 0.568. The lowest BCUT2D eigenvalue weighted by atomic mass is 9.70. The second-order valence-corrected chi connectivity index (χ2v) is 9.93. The number of hydrogen-bond acceptors (Lipinski definition) is 3. The molecular formula is C30H33FN2O. The Morgan fingerprint density at radius 2 is 1.68 bits per heavy atom. The molecule has 2 unspecified atom stereocenters. The molecule has 176 valence electrons. The minimum absolute atomic E-state index is 0.0152. The molecule has 0 saturated heterocycles. The van der Waals surface area contributed by atoms with Crippen molar-refractivity contribution in [2.75, 3.05) is 14.1 Å². The maximum atomic E-state index is 13.9. The Morgan fingerprint density at radius 1 is 0.971 bits per heavy atom. The molecular weight excluding hydrogens is 423 g/mol. The van der Waals surface area contributed by atoms with Gasteiger partial charge in [0.2, 0.25) is 0 Å². The fourth-order valence-electron chi connectivity index (χ4n) is 5.85. The SMILES string of the molecule is CCC1=C2C3=C(CCC=C3C(=O)CC1)NC(c1ccc(CN(C)C)cc1)C2c1ccc(F)cc1. The van der Waals surface area contributed by atoms with Gasteiger partial charge in [-0.15, -0.1) is 0 Å². The van der Waals surface area contributed by atoms with Crippen LogP contribution >= 0.6 is 0 Å². The zero-order chi connectivity index (χ0) is 23.8. The number of nitrogens with zero attached hydrogens (tertiary/aromatic N) is 1. The molecule has 0 bridgehead atoms. The first-order chi connectivity index (χ1) is 16.5. The van der Waals surface area contributed by atoms with Crippen molar-refractivity contribution in [3.05, 3.63) is 105 Å². The summed E-state index contributed by atoms with van der Waals surface area (Å²) in [6, 6.07) is 15.9. The van der Waals surface area contributed by atoms with Crippen LogP contribution in [0.25, 0.3) is 0 Å². The van der Waals surface area contributed by atoms with Crippen LogP contribution in [-0.4, -0.2) is 24.8 Å². The van der Waals surface area contributed by atoms with Crippen LogP contribution in [0.3, 0.4) is 0 Å². The number of carbonyl (C=O) groups is 1. The summed E-state index contributed by atoms with van der Waals surface area (Å²) in [5, 5.41) is 3.86. The van der Waals surface area contributed by atoms with Crippen molar-refractivity contribution in [1.29, 1.82) is 0 Å². The monoisotopic (exact) mass is 456 g/mol. The van der Waals surface area contributed by atoms with E-state index in [0.717, 1.165) is 48.9 Å². The van der Waals surface area contributed by atoms with Crippen molar-refractivity contribution in [1.82, 2.24) is 10.2 Å². The number of benzene rings is 2. The van der Waals surface area contributed by atoms with E-state index in [2.05, 4.69) is 61.6 Å². The lowest BCUT2D eigenvalue weighted by Crippen LogP contribution is -2.36. The van der Waals surface area contributed by atoms with Crippen LogP contribution in [0.1, 0.15) is 67.7 Å². The fraction of sp³-hybridized carbons (Fsp3) is 0.367. The van der Waals surface area contributed by atoms with Crippen molar-refractivity contribution in [3.63, 3.8) is 0 Å². The van der Waals surface area contributed by atoms with Crippen LogP contribution in [0, 0.1) is 5.82 Å². The molecule has 0 spiro atoms. The standard InChI is InChI=1S/C30H33FN2O/c1-4-20-14-17-26(34)24-6-5-7-25-29(24)27(20)28(21-12-15-23(31)16-13-21)30(32-25)22-10-8-19(9-11-22)18-33(2)3/h6,8-13,15-16,28,30,32H,4-5,7,14,17-18H2,1-3H3. The maximum Gasteiger partial charge on any atom is 0.163 e. The third-order valence-corrected chi connectivity index (χ3v) is 7.39. The predicted molar refractivity (Wildman–Crippen MR) is 135 cm³/mol. The number of nitrogens with one attached hydrogen (secondary N) is 1. The Hall–Kier alpha value is -2.98. The third kappa shape index (κ3) is 4.16. The number of halogens is 1. The number of hydrogen-bond donors (Lipinski definition) is 1. The van der Waals surface area contributed by atoms with Gasteiger partial charge in [0.15, 0.2) is 5.78 Å². The first-order valence-corrected chi connectivity index (χ1v) is 12.4. The first-order valence-electron chi connectivity index (χ1n) is 12.4. The van der Waals surface area contributed by atoms with Crippen LogP contribution in [0.2, 0.25) is 0 Å². The maximum absolute atomic E-state index is 13.9. The zero-order valence-electron chi connectivity index (χ0n) is 20.3. The predicted octanol–water partition coefficient (Wildman–Crippen LogP) is 6.36. The molecule has 0 aromatic heterocycles. The van der Waals surface area contributed by atoms with E-state index in [9.17, 15) is 9.18 Å². The molecule has 3 nitrogen and oxygen atoms in total. The average molecular weight is 457 g/mol. The highest BCUT2D eigenvalue weighted by atomic mass is 19.1. The molecule has 2 aromatic rings. The van der Waals surface area contributed by atoms with Gasteiger partial charge in [-0.3, -0.25) is 4.79 Å². The second kappa shape index (κ2) is 9.34. The van der Waals surface area contributed by atoms with Gasteiger partial charge in [-0.05, 0) is 74.2 Å². The van der Waals surface area contributed by atoms with E-state index < -0.39 is 0 Å². The Morgan fingerprint density at radius 3 is 2.35 bits per heavy atom. The number of carbonyl (C=O) groups excluding carboxylic acids is 1. The highest BCUT2D eigenvalue weighted by Crippen LogP contribution is 2.52. The molecule has 1 heterocycles. The van der Waals surface area contributed by atoms with E-state index in [-0.39, 0.29) is 23.6 Å². The van der Waals surface area contributed by atoms with E-state index in [1.54, 1.807) is 12.1 Å². The summed E-state index contributed by atoms with van der Waals surface area (Å²) in [5.74, 6) is 0.0386. The fourth-order valence-corrected chi connectivity index (χ4v) is 5.85. The van der Waals surface area contributed by atoms with Crippen LogP contribution in [-0.2, 0) is 11.3 Å². The second-order valence-electron chi connectivity index (χ2n) is 9.93. The molecule has 34 heavy (non-hydrogen) atoms. The van der Waals surface area contributed by atoms with Crippen molar-refractivity contribution in [3.8, 4) is 0 Å². The number of allylic oxidation sites excluding steroid dienone is 5. The summed E-state index contributed by atoms with van der Waals surface area (Å²) in [6.07, 6.45) is 6.22. The molecule has 0 amide bonds. The van der Waals surface area contributed by atoms with Crippen molar-refractivity contribution in [2.45, 2.75) is 57.5 Å². The summed E-state index contributed by atoms with van der Waals surface area (Å²) >= 11 is 0. The highest BCUT2D eigenvalue weighted by molar-refractivity contribution is 6.02. The van der Waals surface area contributed by atoms with Crippen LogP contribution < -0.4 is 5.32 Å². The van der Waals surface area contributed by atoms with Gasteiger partial charge in [-0.1, -0.05) is 55.0 Å². The molecule has 2 aromatic carbocycles. The molecule has 1 N–H and O–H groups in total. The largest absolute Gasteiger partial charge is 0.380 e. The molecule has 3 aliphatic rings. The van der Waals surface area contributed by atoms with E-state index >= 15 is 0 Å². The lowest BCUT2D eigenvalue weighted by Gasteiger charge is -2.41. The smallest absolute Gasteiger partial charge is 0.163 e. The van der Waals surface area contributed by atoms with E-state index in [0.29, 0.717) is 6.42 Å². The highest BCUT2D eigenvalue weighted by Gasteiger charge is 2.41. The van der Waals surface area contributed by atoms with Crippen molar-refractivity contribution >= 4 is 5.78 Å². The summed E-state index contributed by atoms with van der Waals surface area (Å²) in [6.45, 7) is 3.09. The molecule has 2 aliphatic carbocycles. The summed E-state index contributed by atoms with van der Waals surface area (Å²) in [7, 11) is 4.16. The van der Waals surface area contributed by atoms with Crippen LogP contribution in [0.4, 0.5) is 4.39 Å². The molecule has 4 heteroatoms. The third-order valence-electron chi connectivity index (χ3n) is 7.39. The van der Waals surface area contributed by atoms with Gasteiger partial charge < -0.3 is 10.2 Å². The van der Waals surface area contributed by atoms with Gasteiger partial charge in [-0.2, -0.15) is 0 Å². The van der Waals surface area contributed by atoms with Gasteiger partial charge in [0.1, 0.15) is 5.82 Å². The Labute approximate surface area is 202 Å². The number of ketones is 1. The summed E-state index contributed by atoms with van der Waals surface area (Å²) < 4.78 is 13.9. The normalized spacial score (nSPS) is 22.4. The van der Waals surface area contributed by atoms with Gasteiger partial charge in [0.25, 0.3) is 0 Å². The molecule has 5 rings (SSSR count). The lowest BCUT2D eigenvalue weighted by molar-refractivity contribution is -0.115. The average Bonchev–Trinajstić information content (AvgIpc) is 2.98. The number of rotatable bonds is 5. The molecule has 2 atom stereocenters. The van der Waals surface area contributed by atoms with Crippen LogP contribution in [0.15, 0.2) is 82.6 Å². The van der Waals surface area contributed by atoms with E-state index in [4.69, 9.17) is 0 Å². The van der Waals surface area contributed by atoms with Crippen LogP contribution in [0.5, 0.6) is 0 Å². The molecule has 0 fully saturated rings. The van der Waals surface area contributed by atoms with Crippen molar-refractivity contribution < 1.29 is 9.18 Å². The number of Topliss-reactive ketones (excluding diaryl/α,β-unsaturated/α-hetero) is 1. The molecule has 1 aliphatic heterocycles. The molecule has 0 saturated carbocycles. The van der Waals surface area contributed by atoms with Gasteiger partial charge in [-0.25, -0.2) is 4.39 Å². The Bertz CT molecular complexity index is 1190. The van der Waals surface area contributed by atoms with Crippen molar-refractivity contribution in [2.24, 2.45) is 0 Å². The summed E-state index contributed by atoms with van der Waals surface area (Å²) in [4.78, 5) is 15.3. The Kier molecular flexibility index (Phi) is 6.26. The summed E-state index contributed by atoms with van der Waals surface area (Å²) in [5.41, 5.74) is 9.44. The molecule has 0 radical (unpaired) electrons. The van der Waals surface area contributed by atoms with E-state index in [1.165, 1.54) is 28.0 Å². The van der Waals surface area contributed by atoms with E-state index in [1.807, 2.05) is 12.1 Å². The zero-order valence-corrected chi connectivity index (χ0v) is 20.3. The van der Waals surface area contributed by atoms with Gasteiger partial charge in [0, 0.05) is 35.7 Å². The van der Waals surface area contributed by atoms with Gasteiger partial charge >= 0.3 is 0 Å². The topological polar surface area (TPSA) is 32.3 Å². The minimum Gasteiger partial charge on any atom is -0.380 e. The minimum atomic E-state index is -0.226. The van der Waals surface area contributed by atoms with Gasteiger partial charge in [0.05, 0.1) is 6.04 Å².